The van der Waals surface area contributed by atoms with Gasteiger partial charge in [-0.2, -0.15) is 0 Å². The van der Waals surface area contributed by atoms with Gasteiger partial charge in [-0.15, -0.1) is 0 Å². The molecule has 0 saturated heterocycles. The van der Waals surface area contributed by atoms with Gasteiger partial charge >= 0.3 is 0 Å². The number of hydrogen-bond acceptors (Lipinski definition) is 4. The van der Waals surface area contributed by atoms with Gasteiger partial charge in [0, 0.05) is 11.8 Å². The van der Waals surface area contributed by atoms with E-state index in [9.17, 15) is 15.0 Å². The summed E-state index contributed by atoms with van der Waals surface area (Å²) >= 11 is 0. The van der Waals surface area contributed by atoms with Crippen molar-refractivity contribution in [1.29, 1.82) is 0 Å². The Morgan fingerprint density at radius 3 is 1.80 bits per heavy atom. The number of carbonyl (C=O) groups excluding carboxylic acids is 1. The molecule has 0 spiro atoms. The molecule has 2 saturated carbocycles. The van der Waals surface area contributed by atoms with Gasteiger partial charge in [-0.3, -0.25) is 4.79 Å². The Hall–Kier alpha value is -2.79. The molecule has 0 radical (unpaired) electrons. The van der Waals surface area contributed by atoms with Gasteiger partial charge < -0.3 is 14.9 Å². The lowest BCUT2D eigenvalue weighted by Gasteiger charge is -2.44. The molecule has 4 nitrogen and oxygen atoms in total. The first-order valence-electron chi connectivity index (χ1n) is 16.1. The van der Waals surface area contributed by atoms with Crippen LogP contribution >= 0.6 is 0 Å². The Labute approximate surface area is 267 Å². The van der Waals surface area contributed by atoms with Crippen LogP contribution in [0.5, 0.6) is 0 Å². The van der Waals surface area contributed by atoms with Crippen LogP contribution in [0.4, 0.5) is 0 Å². The summed E-state index contributed by atoms with van der Waals surface area (Å²) in [5.41, 5.74) is 4.53. The molecular weight excluding hydrogens is 544 g/mol. The minimum Gasteiger partial charge on any atom is -0.393 e. The van der Waals surface area contributed by atoms with E-state index in [1.165, 1.54) is 5.57 Å². The molecule has 2 aliphatic carbocycles. The number of carbonyl (C=O) groups is 1. The average molecular weight is 601 g/mol. The van der Waals surface area contributed by atoms with E-state index in [4.69, 9.17) is 4.74 Å². The molecule has 5 unspecified atom stereocenters. The maximum atomic E-state index is 12.9. The van der Waals surface area contributed by atoms with Gasteiger partial charge in [0.15, 0.2) is 5.78 Å². The standard InChI is InChI=1S/C40H56O4/c1-28(17-13-18-30(3)21-22-36(43)39(9)26-33(42)25-38(39,7)8)15-11-12-16-29(2)19-14-20-31(4)34-23-35-37(5,6)24-32(41)27-40(35,10)44-34/h11-23,32-34,41-42H,24-27H2,1-10H3. The quantitative estimate of drug-likeness (QED) is 0.149. The van der Waals surface area contributed by atoms with E-state index >= 15 is 0 Å². The summed E-state index contributed by atoms with van der Waals surface area (Å²) < 4.78 is 6.45. The highest BCUT2D eigenvalue weighted by molar-refractivity contribution is 5.95. The average Bonchev–Trinajstić information content (AvgIpc) is 3.37. The monoisotopic (exact) mass is 600 g/mol. The minimum atomic E-state index is -0.535. The SMILES string of the molecule is CC(C=CC=C(C)C=CC(=O)C1(C)CC(O)CC1(C)C)=CC=CC=C(C)C=CC=C(C)C1C=C2C(C)(C)CC(O)CC2(C)O1. The van der Waals surface area contributed by atoms with Crippen LogP contribution in [-0.4, -0.2) is 39.9 Å². The molecule has 3 rings (SSSR count). The summed E-state index contributed by atoms with van der Waals surface area (Å²) in [5, 5.41) is 20.5. The highest BCUT2D eigenvalue weighted by Crippen LogP contribution is 2.53. The summed E-state index contributed by atoms with van der Waals surface area (Å²) in [6.45, 7) is 20.9. The molecule has 240 valence electrons. The number of ether oxygens (including phenoxy) is 1. The van der Waals surface area contributed by atoms with Crippen molar-refractivity contribution in [2.75, 3.05) is 0 Å². The van der Waals surface area contributed by atoms with Crippen molar-refractivity contribution in [3.8, 4) is 0 Å². The normalized spacial score (nSPS) is 33.3. The number of allylic oxidation sites excluding steroid dienone is 15. The lowest BCUT2D eigenvalue weighted by molar-refractivity contribution is -0.127. The van der Waals surface area contributed by atoms with Crippen molar-refractivity contribution in [3.05, 3.63) is 107 Å². The van der Waals surface area contributed by atoms with E-state index < -0.39 is 17.1 Å². The number of aliphatic hydroxyl groups is 2. The topological polar surface area (TPSA) is 66.8 Å². The lowest BCUT2D eigenvalue weighted by atomic mass is 9.65. The fourth-order valence-corrected chi connectivity index (χ4v) is 7.09. The van der Waals surface area contributed by atoms with Crippen molar-refractivity contribution < 1.29 is 19.7 Å². The smallest absolute Gasteiger partial charge is 0.162 e. The summed E-state index contributed by atoms with van der Waals surface area (Å²) in [5.74, 6) is 0.0827. The Balaban J connectivity index is 1.51. The van der Waals surface area contributed by atoms with Gasteiger partial charge in [-0.25, -0.2) is 0 Å². The van der Waals surface area contributed by atoms with E-state index in [0.717, 1.165) is 28.7 Å². The largest absolute Gasteiger partial charge is 0.393 e. The molecule has 0 bridgehead atoms. The third-order valence-electron chi connectivity index (χ3n) is 10.0. The van der Waals surface area contributed by atoms with Crippen LogP contribution in [0.3, 0.4) is 0 Å². The second-order valence-corrected chi connectivity index (χ2v) is 15.0. The molecule has 3 aliphatic rings. The predicted octanol–water partition coefficient (Wildman–Crippen LogP) is 9.02. The zero-order chi connectivity index (χ0) is 32.9. The maximum absolute atomic E-state index is 12.9. The van der Waals surface area contributed by atoms with Crippen molar-refractivity contribution in [3.63, 3.8) is 0 Å². The molecule has 0 aromatic carbocycles. The highest BCUT2D eigenvalue weighted by Gasteiger charge is 2.53. The first kappa shape index (κ1) is 35.7. The molecule has 44 heavy (non-hydrogen) atoms. The minimum absolute atomic E-state index is 0.0579. The van der Waals surface area contributed by atoms with Crippen molar-refractivity contribution in [2.45, 2.75) is 119 Å². The van der Waals surface area contributed by atoms with E-state index in [2.05, 4.69) is 91.8 Å². The van der Waals surface area contributed by atoms with Gasteiger partial charge in [0.1, 0.15) is 0 Å². The zero-order valence-corrected chi connectivity index (χ0v) is 28.8. The zero-order valence-electron chi connectivity index (χ0n) is 28.8. The fourth-order valence-electron chi connectivity index (χ4n) is 7.09. The van der Waals surface area contributed by atoms with Gasteiger partial charge in [-0.1, -0.05) is 118 Å². The van der Waals surface area contributed by atoms with E-state index in [-0.39, 0.29) is 28.8 Å². The maximum Gasteiger partial charge on any atom is 0.162 e. The van der Waals surface area contributed by atoms with Crippen LogP contribution in [0.1, 0.15) is 94.9 Å². The number of fused-ring (bicyclic) bond motifs is 1. The summed E-state index contributed by atoms with van der Waals surface area (Å²) in [6.07, 6.45) is 28.1. The first-order valence-corrected chi connectivity index (χ1v) is 16.1. The molecule has 0 aromatic heterocycles. The summed E-state index contributed by atoms with van der Waals surface area (Å²) in [4.78, 5) is 12.9. The fraction of sp³-hybridized carbons (Fsp3) is 0.525. The third kappa shape index (κ3) is 8.68. The summed E-state index contributed by atoms with van der Waals surface area (Å²) in [6, 6.07) is 0. The molecule has 1 aliphatic heterocycles. The van der Waals surface area contributed by atoms with E-state index in [0.29, 0.717) is 19.3 Å². The third-order valence-corrected chi connectivity index (χ3v) is 10.0. The molecule has 5 atom stereocenters. The highest BCUT2D eigenvalue weighted by atomic mass is 16.5. The van der Waals surface area contributed by atoms with Gasteiger partial charge in [0.05, 0.1) is 23.9 Å². The predicted molar refractivity (Wildman–Crippen MR) is 184 cm³/mol. The second-order valence-electron chi connectivity index (χ2n) is 15.0. The molecular formula is C40H56O4. The van der Waals surface area contributed by atoms with Crippen LogP contribution in [0, 0.1) is 16.2 Å². The van der Waals surface area contributed by atoms with Crippen LogP contribution in [0.25, 0.3) is 0 Å². The van der Waals surface area contributed by atoms with Crippen molar-refractivity contribution in [2.24, 2.45) is 16.2 Å². The van der Waals surface area contributed by atoms with E-state index in [1.54, 1.807) is 6.08 Å². The van der Waals surface area contributed by atoms with Crippen LogP contribution in [0.15, 0.2) is 107 Å². The lowest BCUT2D eigenvalue weighted by Crippen LogP contribution is -2.45. The van der Waals surface area contributed by atoms with Crippen LogP contribution in [0.2, 0.25) is 0 Å². The van der Waals surface area contributed by atoms with Gasteiger partial charge in [-0.05, 0) is 88.0 Å². The Kier molecular flexibility index (Phi) is 11.4. The number of aliphatic hydroxyl groups excluding tert-OH is 2. The molecule has 4 heteroatoms. The molecule has 2 fully saturated rings. The van der Waals surface area contributed by atoms with Crippen LogP contribution < -0.4 is 0 Å². The molecule has 2 N–H and O–H groups in total. The van der Waals surface area contributed by atoms with Gasteiger partial charge in [0.2, 0.25) is 0 Å². The molecule has 1 heterocycles. The summed E-state index contributed by atoms with van der Waals surface area (Å²) in [7, 11) is 0. The number of ketones is 1. The Bertz CT molecular complexity index is 1360. The van der Waals surface area contributed by atoms with Gasteiger partial charge in [0.25, 0.3) is 0 Å². The first-order chi connectivity index (χ1) is 20.4. The molecule has 0 aromatic rings. The van der Waals surface area contributed by atoms with Crippen molar-refractivity contribution in [1.82, 2.24) is 0 Å². The van der Waals surface area contributed by atoms with Crippen molar-refractivity contribution >= 4 is 5.78 Å². The van der Waals surface area contributed by atoms with Crippen LogP contribution in [-0.2, 0) is 9.53 Å². The second kappa shape index (κ2) is 14.1. The molecule has 0 amide bonds. The number of rotatable bonds is 10. The Morgan fingerprint density at radius 1 is 0.705 bits per heavy atom. The number of hydrogen-bond donors (Lipinski definition) is 2. The Morgan fingerprint density at radius 2 is 1.23 bits per heavy atom. The van der Waals surface area contributed by atoms with E-state index in [1.807, 2.05) is 50.3 Å².